The third kappa shape index (κ3) is 3.05. The van der Waals surface area contributed by atoms with Gasteiger partial charge in [0.2, 0.25) is 0 Å². The van der Waals surface area contributed by atoms with Crippen LogP contribution in [0.1, 0.15) is 0 Å². The normalized spacial score (nSPS) is 11.5. The van der Waals surface area contributed by atoms with Crippen LogP contribution in [0.15, 0.2) is 81.7 Å². The summed E-state index contributed by atoms with van der Waals surface area (Å²) in [6, 6.07) is 25.6. The van der Waals surface area contributed by atoms with Crippen LogP contribution >= 0.6 is 54.8 Å². The highest BCUT2D eigenvalue weighted by Crippen LogP contribution is 2.36. The Morgan fingerprint density at radius 2 is 1.30 bits per heavy atom. The molecular weight excluding hydrogens is 506 g/mol. The zero-order chi connectivity index (χ0) is 18.5. The van der Waals surface area contributed by atoms with Gasteiger partial charge in [-0.2, -0.15) is 0 Å². The summed E-state index contributed by atoms with van der Waals surface area (Å²) < 4.78 is 5.29. The van der Waals surface area contributed by atoms with Crippen molar-refractivity contribution in [1.29, 1.82) is 0 Å². The van der Waals surface area contributed by atoms with Gasteiger partial charge in [-0.15, -0.1) is 11.3 Å². The van der Waals surface area contributed by atoms with Gasteiger partial charge in [-0.3, -0.25) is 0 Å². The van der Waals surface area contributed by atoms with Crippen molar-refractivity contribution in [3.63, 3.8) is 0 Å². The van der Waals surface area contributed by atoms with Gasteiger partial charge in [-0.1, -0.05) is 55.6 Å². The van der Waals surface area contributed by atoms with Crippen molar-refractivity contribution in [3.05, 3.63) is 86.1 Å². The summed E-state index contributed by atoms with van der Waals surface area (Å²) in [4.78, 5) is 1.18. The maximum atomic E-state index is 6.09. The quantitative estimate of drug-likeness (QED) is 0.221. The number of thiophene rings is 1. The molecule has 0 atom stereocenters. The topological polar surface area (TPSA) is 4.93 Å². The molecule has 5 heteroatoms. The number of benzene rings is 3. The first-order valence-electron chi connectivity index (χ1n) is 8.35. The monoisotopic (exact) mass is 515 g/mol. The largest absolute Gasteiger partial charge is 0.309 e. The molecule has 0 aliphatic heterocycles. The average molecular weight is 518 g/mol. The molecule has 1 nitrogen and oxygen atoms in total. The van der Waals surface area contributed by atoms with E-state index in [1.54, 1.807) is 11.3 Å². The first kappa shape index (κ1) is 17.5. The van der Waals surface area contributed by atoms with Crippen LogP contribution in [0.5, 0.6) is 0 Å². The highest BCUT2D eigenvalue weighted by atomic mass is 79.9. The second-order valence-electron chi connectivity index (χ2n) is 6.31. The number of hydrogen-bond donors (Lipinski definition) is 0. The molecule has 5 aromatic rings. The second kappa shape index (κ2) is 6.78. The number of nitrogens with zero attached hydrogens (tertiary/aromatic N) is 1. The van der Waals surface area contributed by atoms with E-state index in [2.05, 4.69) is 103 Å². The summed E-state index contributed by atoms with van der Waals surface area (Å²) in [5.41, 5.74) is 4.71. The molecule has 132 valence electrons. The molecule has 27 heavy (non-hydrogen) atoms. The van der Waals surface area contributed by atoms with Crippen LogP contribution in [-0.4, -0.2) is 4.57 Å². The summed E-state index contributed by atoms with van der Waals surface area (Å²) in [5, 5.41) is 2.46. The van der Waals surface area contributed by atoms with Gasteiger partial charge in [-0.25, -0.2) is 0 Å². The minimum Gasteiger partial charge on any atom is -0.309 e. The molecule has 0 spiro atoms. The molecule has 0 radical (unpaired) electrons. The van der Waals surface area contributed by atoms with Crippen molar-refractivity contribution >= 4 is 76.6 Å². The van der Waals surface area contributed by atoms with E-state index < -0.39 is 0 Å². The second-order valence-corrected chi connectivity index (χ2v) is 9.86. The standard InChI is InChI=1S/C22H12Br2ClNS/c23-14-3-7-19-17(11-14)18-12-15(24)4-8-20(18)26(19)16-5-1-13(2-6-16)21-9-10-22(25)27-21/h1-12H. The van der Waals surface area contributed by atoms with Crippen LogP contribution in [0.3, 0.4) is 0 Å². The molecule has 0 unspecified atom stereocenters. The van der Waals surface area contributed by atoms with E-state index in [-0.39, 0.29) is 0 Å². The van der Waals surface area contributed by atoms with Gasteiger partial charge in [-0.05, 0) is 66.2 Å². The Morgan fingerprint density at radius 3 is 1.81 bits per heavy atom. The Bertz CT molecular complexity index is 1240. The van der Waals surface area contributed by atoms with Crippen molar-refractivity contribution in [2.45, 2.75) is 0 Å². The first-order valence-corrected chi connectivity index (χ1v) is 11.1. The molecule has 0 aliphatic rings. The fraction of sp³-hybridized carbons (Fsp3) is 0. The van der Waals surface area contributed by atoms with Gasteiger partial charge in [0.15, 0.2) is 0 Å². The highest BCUT2D eigenvalue weighted by Gasteiger charge is 2.13. The minimum absolute atomic E-state index is 0.813. The molecule has 0 N–H and O–H groups in total. The van der Waals surface area contributed by atoms with Crippen molar-refractivity contribution < 1.29 is 0 Å². The number of aromatic nitrogens is 1. The summed E-state index contributed by atoms with van der Waals surface area (Å²) in [5.74, 6) is 0. The van der Waals surface area contributed by atoms with E-state index in [0.29, 0.717) is 0 Å². The van der Waals surface area contributed by atoms with Crippen LogP contribution < -0.4 is 0 Å². The summed E-state index contributed by atoms with van der Waals surface area (Å²) in [7, 11) is 0. The summed E-state index contributed by atoms with van der Waals surface area (Å²) >= 11 is 14.9. The van der Waals surface area contributed by atoms with E-state index in [0.717, 1.165) is 19.0 Å². The molecule has 0 fully saturated rings. The van der Waals surface area contributed by atoms with Crippen molar-refractivity contribution in [1.82, 2.24) is 4.57 Å². The van der Waals surface area contributed by atoms with Crippen LogP contribution in [0.25, 0.3) is 37.9 Å². The van der Waals surface area contributed by atoms with E-state index in [4.69, 9.17) is 11.6 Å². The Labute approximate surface area is 182 Å². The number of hydrogen-bond acceptors (Lipinski definition) is 1. The predicted molar refractivity (Wildman–Crippen MR) is 125 cm³/mol. The number of halogens is 3. The Hall–Kier alpha value is -1.59. The first-order chi connectivity index (χ1) is 13.1. The predicted octanol–water partition coefficient (Wildman–Crippen LogP) is 8.69. The smallest absolute Gasteiger partial charge is 0.0934 e. The lowest BCUT2D eigenvalue weighted by Crippen LogP contribution is -1.93. The van der Waals surface area contributed by atoms with Gasteiger partial charge in [0, 0.05) is 30.3 Å². The highest BCUT2D eigenvalue weighted by molar-refractivity contribution is 9.10. The van der Waals surface area contributed by atoms with Gasteiger partial charge in [0.1, 0.15) is 0 Å². The van der Waals surface area contributed by atoms with Crippen molar-refractivity contribution in [2.24, 2.45) is 0 Å². The van der Waals surface area contributed by atoms with Crippen molar-refractivity contribution in [2.75, 3.05) is 0 Å². The van der Waals surface area contributed by atoms with E-state index in [1.807, 2.05) is 6.07 Å². The molecule has 3 aromatic carbocycles. The summed E-state index contributed by atoms with van der Waals surface area (Å²) in [6.45, 7) is 0. The lowest BCUT2D eigenvalue weighted by atomic mass is 10.1. The van der Waals surface area contributed by atoms with Gasteiger partial charge in [0.05, 0.1) is 15.4 Å². The molecule has 5 rings (SSSR count). The fourth-order valence-corrected chi connectivity index (χ4v) is 5.26. The van der Waals surface area contributed by atoms with Crippen molar-refractivity contribution in [3.8, 4) is 16.1 Å². The molecule has 0 saturated carbocycles. The van der Waals surface area contributed by atoms with Crippen LogP contribution in [0.2, 0.25) is 4.34 Å². The molecule has 0 amide bonds. The number of fused-ring (bicyclic) bond motifs is 3. The zero-order valence-corrected chi connectivity index (χ0v) is 18.7. The van der Waals surface area contributed by atoms with E-state index in [1.165, 1.54) is 32.2 Å². The van der Waals surface area contributed by atoms with Crippen LogP contribution in [-0.2, 0) is 0 Å². The van der Waals surface area contributed by atoms with E-state index in [9.17, 15) is 0 Å². The Morgan fingerprint density at radius 1 is 0.704 bits per heavy atom. The minimum atomic E-state index is 0.813. The lowest BCUT2D eigenvalue weighted by Gasteiger charge is -2.09. The van der Waals surface area contributed by atoms with Gasteiger partial charge < -0.3 is 4.57 Å². The average Bonchev–Trinajstić information content (AvgIpc) is 3.23. The molecule has 2 aromatic heterocycles. The Kier molecular flexibility index (Phi) is 4.40. The fourth-order valence-electron chi connectivity index (χ4n) is 3.49. The zero-order valence-electron chi connectivity index (χ0n) is 13.9. The maximum absolute atomic E-state index is 6.09. The summed E-state index contributed by atoms with van der Waals surface area (Å²) in [6.07, 6.45) is 0. The molecule has 0 saturated heterocycles. The van der Waals surface area contributed by atoms with E-state index >= 15 is 0 Å². The van der Waals surface area contributed by atoms with Gasteiger partial charge in [0.25, 0.3) is 0 Å². The molecular formula is C22H12Br2ClNS. The third-order valence-electron chi connectivity index (χ3n) is 4.67. The van der Waals surface area contributed by atoms with Gasteiger partial charge >= 0.3 is 0 Å². The maximum Gasteiger partial charge on any atom is 0.0934 e. The molecule has 0 aliphatic carbocycles. The number of rotatable bonds is 2. The molecule has 0 bridgehead atoms. The van der Waals surface area contributed by atoms with Crippen LogP contribution in [0.4, 0.5) is 0 Å². The lowest BCUT2D eigenvalue weighted by molar-refractivity contribution is 1.18. The third-order valence-corrected chi connectivity index (χ3v) is 6.94. The Balaban J connectivity index is 1.74. The molecule has 2 heterocycles. The van der Waals surface area contributed by atoms with Crippen LogP contribution in [0, 0.1) is 0 Å². The SMILES string of the molecule is Clc1ccc(-c2ccc(-n3c4ccc(Br)cc4c4cc(Br)ccc43)cc2)s1.